The van der Waals surface area contributed by atoms with E-state index in [1.165, 1.54) is 83.7 Å². The number of unbranched alkanes of at least 4 members (excludes halogenated alkanes) is 9. The van der Waals surface area contributed by atoms with E-state index in [4.69, 9.17) is 0 Å². The molecule has 0 aromatic carbocycles. The number of hydrogen-bond acceptors (Lipinski definition) is 2. The van der Waals surface area contributed by atoms with Crippen molar-refractivity contribution in [2.24, 2.45) is 0 Å². The molecule has 2 heteroatoms. The van der Waals surface area contributed by atoms with Crippen LogP contribution in [0.15, 0.2) is 0 Å². The third kappa shape index (κ3) is 16.0. The molecule has 0 saturated heterocycles. The van der Waals surface area contributed by atoms with Gasteiger partial charge in [-0.1, -0.05) is 64.7 Å². The highest BCUT2D eigenvalue weighted by atomic mass is 15.1. The Bertz CT molecular complexity index is 180. The zero-order chi connectivity index (χ0) is 15.1. The molecule has 2 nitrogen and oxygen atoms in total. The molecule has 0 radical (unpaired) electrons. The monoisotopic (exact) mass is 284 g/mol. The van der Waals surface area contributed by atoms with Crippen molar-refractivity contribution in [2.45, 2.75) is 90.5 Å². The number of rotatable bonds is 15. The molecular formula is C18H40N2. The van der Waals surface area contributed by atoms with Crippen LogP contribution in [0, 0.1) is 0 Å². The van der Waals surface area contributed by atoms with Gasteiger partial charge in [0.2, 0.25) is 0 Å². The van der Waals surface area contributed by atoms with E-state index in [2.05, 4.69) is 38.2 Å². The molecule has 0 saturated carbocycles. The van der Waals surface area contributed by atoms with E-state index < -0.39 is 0 Å². The molecule has 1 unspecified atom stereocenters. The van der Waals surface area contributed by atoms with Crippen molar-refractivity contribution in [3.05, 3.63) is 0 Å². The minimum Gasteiger partial charge on any atom is -0.314 e. The van der Waals surface area contributed by atoms with Crippen LogP contribution in [-0.4, -0.2) is 38.1 Å². The predicted octanol–water partition coefficient (Wildman–Crippen LogP) is 4.84. The molecule has 0 rings (SSSR count). The first-order valence-corrected chi connectivity index (χ1v) is 9.05. The second kappa shape index (κ2) is 15.3. The van der Waals surface area contributed by atoms with E-state index in [9.17, 15) is 0 Å². The van der Waals surface area contributed by atoms with Crippen molar-refractivity contribution >= 4 is 0 Å². The quantitative estimate of drug-likeness (QED) is 0.433. The summed E-state index contributed by atoms with van der Waals surface area (Å²) in [5.74, 6) is 0. The summed E-state index contributed by atoms with van der Waals surface area (Å²) in [6, 6.07) is 0.663. The van der Waals surface area contributed by atoms with Crippen LogP contribution in [-0.2, 0) is 0 Å². The van der Waals surface area contributed by atoms with Gasteiger partial charge >= 0.3 is 0 Å². The molecule has 0 aliphatic carbocycles. The summed E-state index contributed by atoms with van der Waals surface area (Å²) in [5.41, 5.74) is 0. The lowest BCUT2D eigenvalue weighted by Gasteiger charge is -2.16. The number of hydrogen-bond donors (Lipinski definition) is 1. The van der Waals surface area contributed by atoms with E-state index in [0.717, 1.165) is 0 Å². The highest BCUT2D eigenvalue weighted by Gasteiger charge is 2.01. The van der Waals surface area contributed by atoms with Crippen molar-refractivity contribution in [3.8, 4) is 0 Å². The van der Waals surface area contributed by atoms with Gasteiger partial charge in [0, 0.05) is 6.04 Å². The van der Waals surface area contributed by atoms with Gasteiger partial charge in [0.25, 0.3) is 0 Å². The summed E-state index contributed by atoms with van der Waals surface area (Å²) >= 11 is 0. The molecule has 122 valence electrons. The highest BCUT2D eigenvalue weighted by Crippen LogP contribution is 2.10. The topological polar surface area (TPSA) is 15.3 Å². The Morgan fingerprint density at radius 2 is 1.30 bits per heavy atom. The molecule has 0 aliphatic heterocycles. The van der Waals surface area contributed by atoms with Crippen molar-refractivity contribution in [1.82, 2.24) is 10.2 Å². The molecule has 1 atom stereocenters. The van der Waals surface area contributed by atoms with Crippen LogP contribution in [0.3, 0.4) is 0 Å². The van der Waals surface area contributed by atoms with Crippen molar-refractivity contribution in [1.29, 1.82) is 0 Å². The van der Waals surface area contributed by atoms with Gasteiger partial charge < -0.3 is 10.2 Å². The summed E-state index contributed by atoms with van der Waals surface area (Å²) in [6.45, 7) is 6.98. The molecule has 0 spiro atoms. The maximum absolute atomic E-state index is 3.64. The van der Waals surface area contributed by atoms with E-state index >= 15 is 0 Å². The second-order valence-electron chi connectivity index (χ2n) is 6.63. The molecule has 0 aromatic rings. The van der Waals surface area contributed by atoms with Gasteiger partial charge in [-0.25, -0.2) is 0 Å². The van der Waals surface area contributed by atoms with Crippen LogP contribution in [0.4, 0.5) is 0 Å². The SMILES string of the molecule is CCCCCCCCCCCCNC(C)CCN(C)C. The van der Waals surface area contributed by atoms with Crippen LogP contribution in [0.25, 0.3) is 0 Å². The fraction of sp³-hybridized carbons (Fsp3) is 1.00. The minimum absolute atomic E-state index is 0.663. The first kappa shape index (κ1) is 19.9. The fourth-order valence-electron chi connectivity index (χ4n) is 2.51. The van der Waals surface area contributed by atoms with Crippen molar-refractivity contribution in [2.75, 3.05) is 27.2 Å². The molecule has 0 bridgehead atoms. The van der Waals surface area contributed by atoms with Gasteiger partial charge in [0.05, 0.1) is 0 Å². The standard InChI is InChI=1S/C18H40N2/c1-5-6-7-8-9-10-11-12-13-14-16-19-18(2)15-17-20(3)4/h18-19H,5-17H2,1-4H3. The Morgan fingerprint density at radius 3 is 1.80 bits per heavy atom. The Labute approximate surface area is 128 Å². The third-order valence-corrected chi connectivity index (χ3v) is 4.03. The lowest BCUT2D eigenvalue weighted by atomic mass is 10.1. The van der Waals surface area contributed by atoms with Gasteiger partial charge in [0.1, 0.15) is 0 Å². The third-order valence-electron chi connectivity index (χ3n) is 4.03. The van der Waals surface area contributed by atoms with Crippen molar-refractivity contribution in [3.63, 3.8) is 0 Å². The number of nitrogens with zero attached hydrogens (tertiary/aromatic N) is 1. The molecule has 0 aromatic heterocycles. The minimum atomic E-state index is 0.663. The van der Waals surface area contributed by atoms with Gasteiger partial charge in [-0.3, -0.25) is 0 Å². The summed E-state index contributed by atoms with van der Waals surface area (Å²) in [6.07, 6.45) is 15.5. The second-order valence-corrected chi connectivity index (χ2v) is 6.63. The average molecular weight is 285 g/mol. The van der Waals surface area contributed by atoms with Crippen LogP contribution in [0.2, 0.25) is 0 Å². The summed E-state index contributed by atoms with van der Waals surface area (Å²) in [4.78, 5) is 2.26. The van der Waals surface area contributed by atoms with Crippen molar-refractivity contribution < 1.29 is 0 Å². The Hall–Kier alpha value is -0.0800. The lowest BCUT2D eigenvalue weighted by molar-refractivity contribution is 0.364. The predicted molar refractivity (Wildman–Crippen MR) is 92.5 cm³/mol. The Kier molecular flexibility index (Phi) is 15.3. The normalized spacial score (nSPS) is 13.1. The molecule has 1 N–H and O–H groups in total. The average Bonchev–Trinajstić information content (AvgIpc) is 2.42. The van der Waals surface area contributed by atoms with E-state index in [-0.39, 0.29) is 0 Å². The van der Waals surface area contributed by atoms with E-state index in [0.29, 0.717) is 6.04 Å². The molecule has 20 heavy (non-hydrogen) atoms. The first-order valence-electron chi connectivity index (χ1n) is 9.05. The molecule has 0 heterocycles. The fourth-order valence-corrected chi connectivity index (χ4v) is 2.51. The first-order chi connectivity index (χ1) is 9.66. The number of nitrogens with one attached hydrogen (secondary N) is 1. The van der Waals surface area contributed by atoms with Crippen LogP contribution < -0.4 is 5.32 Å². The van der Waals surface area contributed by atoms with Gasteiger partial charge in [-0.15, -0.1) is 0 Å². The molecule has 0 fully saturated rings. The molecule has 0 amide bonds. The summed E-state index contributed by atoms with van der Waals surface area (Å²) in [5, 5.41) is 3.64. The Morgan fingerprint density at radius 1 is 0.800 bits per heavy atom. The smallest absolute Gasteiger partial charge is 0.00508 e. The maximum Gasteiger partial charge on any atom is 0.00508 e. The molecule has 0 aliphatic rings. The van der Waals surface area contributed by atoms with Gasteiger partial charge in [-0.05, 0) is 47.0 Å². The lowest BCUT2D eigenvalue weighted by Crippen LogP contribution is -2.30. The summed E-state index contributed by atoms with van der Waals surface area (Å²) < 4.78 is 0. The maximum atomic E-state index is 3.64. The zero-order valence-corrected chi connectivity index (χ0v) is 14.7. The van der Waals surface area contributed by atoms with Gasteiger partial charge in [-0.2, -0.15) is 0 Å². The molecular weight excluding hydrogens is 244 g/mol. The van der Waals surface area contributed by atoms with Crippen LogP contribution in [0.5, 0.6) is 0 Å². The van der Waals surface area contributed by atoms with Crippen LogP contribution >= 0.6 is 0 Å². The highest BCUT2D eigenvalue weighted by molar-refractivity contribution is 4.62. The van der Waals surface area contributed by atoms with Gasteiger partial charge in [0.15, 0.2) is 0 Å². The largest absolute Gasteiger partial charge is 0.314 e. The van der Waals surface area contributed by atoms with E-state index in [1.807, 2.05) is 0 Å². The summed E-state index contributed by atoms with van der Waals surface area (Å²) in [7, 11) is 4.30. The Balaban J connectivity index is 3.09. The van der Waals surface area contributed by atoms with Crippen LogP contribution in [0.1, 0.15) is 84.5 Å². The zero-order valence-electron chi connectivity index (χ0n) is 14.7. The van der Waals surface area contributed by atoms with E-state index in [1.54, 1.807) is 0 Å².